The molecule has 0 spiro atoms. The highest BCUT2D eigenvalue weighted by atomic mass is 32.2. The first-order valence-electron chi connectivity index (χ1n) is 8.03. The van der Waals surface area contributed by atoms with Crippen molar-refractivity contribution in [2.24, 2.45) is 0 Å². The number of nitrogens with zero attached hydrogens (tertiary/aromatic N) is 1. The Balaban J connectivity index is 2.07. The van der Waals surface area contributed by atoms with E-state index < -0.39 is 0 Å². The van der Waals surface area contributed by atoms with E-state index in [1.165, 1.54) is 42.2 Å². The van der Waals surface area contributed by atoms with Crippen LogP contribution in [0.4, 0.5) is 5.69 Å². The fourth-order valence-electron chi connectivity index (χ4n) is 2.69. The van der Waals surface area contributed by atoms with Crippen LogP contribution in [-0.4, -0.2) is 31.3 Å². The van der Waals surface area contributed by atoms with Crippen molar-refractivity contribution in [2.75, 3.05) is 19.1 Å². The Labute approximate surface area is 160 Å². The lowest BCUT2D eigenvalue weighted by Crippen LogP contribution is -2.31. The number of imide groups is 1. The van der Waals surface area contributed by atoms with Gasteiger partial charge in [-0.1, -0.05) is 19.9 Å². The fraction of sp³-hybridized carbons (Fsp3) is 0.263. The number of rotatable bonds is 6. The number of carbonyl (C=O) groups is 2. The molecule has 3 rings (SSSR count). The summed E-state index contributed by atoms with van der Waals surface area (Å²) < 4.78 is 10.5. The van der Waals surface area contributed by atoms with Crippen LogP contribution in [-0.2, 0) is 9.59 Å². The molecule has 2 aromatic rings. The number of carbonyl (C=O) groups excluding carboxylic acids is 2. The molecule has 0 saturated heterocycles. The number of thioether (sulfide) groups is 1. The molecule has 1 aliphatic heterocycles. The molecule has 0 aliphatic carbocycles. The zero-order chi connectivity index (χ0) is 18.8. The number of methoxy groups -OCH3 is 2. The van der Waals surface area contributed by atoms with Gasteiger partial charge in [0.25, 0.3) is 11.8 Å². The Bertz CT molecular complexity index is 872. The number of ether oxygens (including phenoxy) is 2. The Morgan fingerprint density at radius 2 is 1.77 bits per heavy atom. The van der Waals surface area contributed by atoms with Crippen molar-refractivity contribution in [1.29, 1.82) is 0 Å². The third-order valence-electron chi connectivity index (χ3n) is 3.79. The van der Waals surface area contributed by atoms with Crippen LogP contribution in [0.5, 0.6) is 11.5 Å². The number of hydrogen-bond donors (Lipinski definition) is 0. The molecule has 0 bridgehead atoms. The second kappa shape index (κ2) is 7.55. The molecule has 0 radical (unpaired) electrons. The van der Waals surface area contributed by atoms with Gasteiger partial charge in [-0.3, -0.25) is 9.59 Å². The Hall–Kier alpha value is -2.25. The van der Waals surface area contributed by atoms with Crippen molar-refractivity contribution in [3.8, 4) is 11.5 Å². The van der Waals surface area contributed by atoms with E-state index in [0.717, 1.165) is 4.88 Å². The van der Waals surface area contributed by atoms with Crippen molar-refractivity contribution in [1.82, 2.24) is 0 Å². The van der Waals surface area contributed by atoms with Gasteiger partial charge in [-0.05, 0) is 23.6 Å². The lowest BCUT2D eigenvalue weighted by molar-refractivity contribution is -0.119. The molecule has 5 nitrogen and oxygen atoms in total. The van der Waals surface area contributed by atoms with E-state index >= 15 is 0 Å². The van der Waals surface area contributed by atoms with Gasteiger partial charge in [0.2, 0.25) is 0 Å². The van der Waals surface area contributed by atoms with Crippen LogP contribution in [0, 0.1) is 0 Å². The SMILES string of the molecule is COc1ccc(N2C(=O)C(SC(C)C)=C(c3cccs3)C2=O)cc1OC. The summed E-state index contributed by atoms with van der Waals surface area (Å²) >= 11 is 2.87. The third-order valence-corrected chi connectivity index (χ3v) is 5.76. The molecule has 0 atom stereocenters. The van der Waals surface area contributed by atoms with Gasteiger partial charge in [0.1, 0.15) is 0 Å². The second-order valence-electron chi connectivity index (χ2n) is 5.83. The molecule has 2 heterocycles. The normalized spacial score (nSPS) is 14.6. The van der Waals surface area contributed by atoms with Crippen LogP contribution >= 0.6 is 23.1 Å². The molecule has 26 heavy (non-hydrogen) atoms. The fourth-order valence-corrected chi connectivity index (χ4v) is 4.50. The largest absolute Gasteiger partial charge is 0.493 e. The average Bonchev–Trinajstić information content (AvgIpc) is 3.21. The molecule has 1 aliphatic rings. The summed E-state index contributed by atoms with van der Waals surface area (Å²) in [7, 11) is 3.06. The highest BCUT2D eigenvalue weighted by Gasteiger charge is 2.41. The Morgan fingerprint density at radius 3 is 2.35 bits per heavy atom. The van der Waals surface area contributed by atoms with Crippen molar-refractivity contribution < 1.29 is 19.1 Å². The summed E-state index contributed by atoms with van der Waals surface area (Å²) in [4.78, 5) is 28.7. The summed E-state index contributed by atoms with van der Waals surface area (Å²) in [5, 5.41) is 2.08. The first kappa shape index (κ1) is 18.5. The summed E-state index contributed by atoms with van der Waals surface area (Å²) in [5.74, 6) is 0.393. The van der Waals surface area contributed by atoms with Crippen molar-refractivity contribution in [3.63, 3.8) is 0 Å². The molecule has 1 aromatic carbocycles. The van der Waals surface area contributed by atoms with Crippen LogP contribution in [0.15, 0.2) is 40.6 Å². The highest BCUT2D eigenvalue weighted by Crippen LogP contribution is 2.42. The number of hydrogen-bond acceptors (Lipinski definition) is 6. The summed E-state index contributed by atoms with van der Waals surface area (Å²) in [6, 6.07) is 8.76. The summed E-state index contributed by atoms with van der Waals surface area (Å²) in [6.45, 7) is 4.00. The van der Waals surface area contributed by atoms with E-state index in [2.05, 4.69) is 0 Å². The molecule has 0 fully saturated rings. The number of anilines is 1. The van der Waals surface area contributed by atoms with Gasteiger partial charge >= 0.3 is 0 Å². The molecule has 136 valence electrons. The monoisotopic (exact) mass is 389 g/mol. The summed E-state index contributed by atoms with van der Waals surface area (Å²) in [5.41, 5.74) is 0.935. The molecule has 0 saturated carbocycles. The zero-order valence-electron chi connectivity index (χ0n) is 14.9. The van der Waals surface area contributed by atoms with Gasteiger partial charge in [-0.2, -0.15) is 0 Å². The van der Waals surface area contributed by atoms with Gasteiger partial charge in [-0.15, -0.1) is 23.1 Å². The lowest BCUT2D eigenvalue weighted by Gasteiger charge is -2.17. The maximum atomic E-state index is 13.1. The average molecular weight is 389 g/mol. The molecular formula is C19H19NO4S2. The van der Waals surface area contributed by atoms with Gasteiger partial charge in [0.05, 0.1) is 30.4 Å². The standard InChI is InChI=1S/C19H19NO4S2/c1-11(2)26-17-16(15-6-5-9-25-15)18(21)20(19(17)22)12-7-8-13(23-3)14(10-12)24-4/h5-11H,1-4H3. The first-order valence-corrected chi connectivity index (χ1v) is 9.79. The minimum atomic E-state index is -0.312. The van der Waals surface area contributed by atoms with E-state index in [1.54, 1.807) is 18.2 Å². The van der Waals surface area contributed by atoms with E-state index in [0.29, 0.717) is 27.7 Å². The summed E-state index contributed by atoms with van der Waals surface area (Å²) in [6.07, 6.45) is 0. The molecule has 7 heteroatoms. The van der Waals surface area contributed by atoms with Crippen LogP contribution < -0.4 is 14.4 Å². The zero-order valence-corrected chi connectivity index (χ0v) is 16.6. The molecule has 0 unspecified atom stereocenters. The second-order valence-corrected chi connectivity index (χ2v) is 8.37. The van der Waals surface area contributed by atoms with Gasteiger partial charge < -0.3 is 9.47 Å². The smallest absolute Gasteiger partial charge is 0.272 e. The van der Waals surface area contributed by atoms with Crippen molar-refractivity contribution >= 4 is 46.2 Å². The molecule has 2 amide bonds. The van der Waals surface area contributed by atoms with Crippen LogP contribution in [0.25, 0.3) is 5.57 Å². The van der Waals surface area contributed by atoms with Crippen molar-refractivity contribution in [3.05, 3.63) is 45.5 Å². The first-order chi connectivity index (χ1) is 12.5. The minimum Gasteiger partial charge on any atom is -0.493 e. The maximum Gasteiger partial charge on any atom is 0.272 e. The van der Waals surface area contributed by atoms with Crippen LogP contribution in [0.3, 0.4) is 0 Å². The molecular weight excluding hydrogens is 370 g/mol. The Kier molecular flexibility index (Phi) is 5.38. The predicted octanol–water partition coefficient (Wildman–Crippen LogP) is 4.19. The van der Waals surface area contributed by atoms with E-state index in [9.17, 15) is 9.59 Å². The van der Waals surface area contributed by atoms with E-state index in [1.807, 2.05) is 31.4 Å². The maximum absolute atomic E-state index is 13.1. The van der Waals surface area contributed by atoms with Crippen LogP contribution in [0.1, 0.15) is 18.7 Å². The van der Waals surface area contributed by atoms with Crippen molar-refractivity contribution in [2.45, 2.75) is 19.1 Å². The number of benzene rings is 1. The van der Waals surface area contributed by atoms with E-state index in [-0.39, 0.29) is 17.1 Å². The van der Waals surface area contributed by atoms with E-state index in [4.69, 9.17) is 9.47 Å². The topological polar surface area (TPSA) is 55.8 Å². The minimum absolute atomic E-state index is 0.182. The molecule has 1 aromatic heterocycles. The quantitative estimate of drug-likeness (QED) is 0.694. The van der Waals surface area contributed by atoms with Gasteiger partial charge in [0.15, 0.2) is 11.5 Å². The predicted molar refractivity (Wildman–Crippen MR) is 106 cm³/mol. The number of thiophene rings is 1. The number of amides is 2. The Morgan fingerprint density at radius 1 is 1.04 bits per heavy atom. The third kappa shape index (κ3) is 3.24. The lowest BCUT2D eigenvalue weighted by atomic mass is 10.2. The van der Waals surface area contributed by atoms with Gasteiger partial charge in [-0.25, -0.2) is 4.90 Å². The van der Waals surface area contributed by atoms with Gasteiger partial charge in [0, 0.05) is 16.2 Å². The molecule has 0 N–H and O–H groups in total. The highest BCUT2D eigenvalue weighted by molar-refractivity contribution is 8.04. The van der Waals surface area contributed by atoms with Crippen LogP contribution in [0.2, 0.25) is 0 Å².